The van der Waals surface area contributed by atoms with Crippen LogP contribution in [-0.2, 0) is 20.7 Å². The molecule has 0 spiro atoms. The smallest absolute Gasteiger partial charge is 0.311 e. The van der Waals surface area contributed by atoms with Crippen molar-refractivity contribution < 1.29 is 28.6 Å². The van der Waals surface area contributed by atoms with Crippen molar-refractivity contribution >= 4 is 34.1 Å². The van der Waals surface area contributed by atoms with E-state index in [1.807, 2.05) is 0 Å². The van der Waals surface area contributed by atoms with E-state index in [9.17, 15) is 14.4 Å². The van der Waals surface area contributed by atoms with E-state index >= 15 is 0 Å². The fraction of sp³-hybridized carbons (Fsp3) is 0.400. The summed E-state index contributed by atoms with van der Waals surface area (Å²) in [7, 11) is 1.50. The van der Waals surface area contributed by atoms with Crippen molar-refractivity contribution in [2.45, 2.75) is 33.1 Å². The monoisotopic (exact) mass is 420 g/mol. The Morgan fingerprint density at radius 2 is 2.00 bits per heavy atom. The van der Waals surface area contributed by atoms with Crippen LogP contribution in [0.4, 0.5) is 5.13 Å². The van der Waals surface area contributed by atoms with Gasteiger partial charge in [-0.3, -0.25) is 14.4 Å². The lowest BCUT2D eigenvalue weighted by atomic mass is 10.1. The number of ether oxygens (including phenoxy) is 3. The van der Waals surface area contributed by atoms with E-state index in [0.717, 1.165) is 0 Å². The maximum atomic E-state index is 12.0. The number of rotatable bonds is 11. The molecule has 1 heterocycles. The normalized spacial score (nSPS) is 10.3. The number of ketones is 1. The SMILES string of the molecule is CCOC(=O)Cc1csc(NC(=O)CCCOc2ccc(C(C)=O)cc2OC)n1. The van der Waals surface area contributed by atoms with Gasteiger partial charge in [-0.1, -0.05) is 0 Å². The second-order valence-corrected chi connectivity index (χ2v) is 6.91. The number of hydrogen-bond acceptors (Lipinski definition) is 8. The number of anilines is 1. The van der Waals surface area contributed by atoms with Gasteiger partial charge in [-0.25, -0.2) is 4.98 Å². The number of amides is 1. The van der Waals surface area contributed by atoms with Crippen LogP contribution in [0.1, 0.15) is 42.7 Å². The molecule has 0 saturated heterocycles. The van der Waals surface area contributed by atoms with E-state index in [0.29, 0.717) is 47.5 Å². The minimum Gasteiger partial charge on any atom is -0.493 e. The Hall–Kier alpha value is -2.94. The molecule has 0 aliphatic carbocycles. The summed E-state index contributed by atoms with van der Waals surface area (Å²) < 4.78 is 15.8. The van der Waals surface area contributed by atoms with E-state index in [-0.39, 0.29) is 30.5 Å². The van der Waals surface area contributed by atoms with Crippen LogP contribution in [0, 0.1) is 0 Å². The molecule has 1 amide bonds. The number of aromatic nitrogens is 1. The Morgan fingerprint density at radius 1 is 1.21 bits per heavy atom. The van der Waals surface area contributed by atoms with Crippen LogP contribution in [-0.4, -0.2) is 43.0 Å². The summed E-state index contributed by atoms with van der Waals surface area (Å²) in [5.74, 6) is 0.392. The summed E-state index contributed by atoms with van der Waals surface area (Å²) in [6, 6.07) is 4.97. The van der Waals surface area contributed by atoms with E-state index in [4.69, 9.17) is 14.2 Å². The molecule has 2 rings (SSSR count). The third kappa shape index (κ3) is 7.19. The van der Waals surface area contributed by atoms with E-state index in [2.05, 4.69) is 10.3 Å². The van der Waals surface area contributed by atoms with Crippen molar-refractivity contribution in [2.75, 3.05) is 25.6 Å². The molecule has 1 N–H and O–H groups in total. The lowest BCUT2D eigenvalue weighted by Gasteiger charge is -2.11. The van der Waals surface area contributed by atoms with E-state index < -0.39 is 0 Å². The highest BCUT2D eigenvalue weighted by Crippen LogP contribution is 2.28. The Kier molecular flexibility index (Phi) is 8.60. The lowest BCUT2D eigenvalue weighted by Crippen LogP contribution is -2.13. The second kappa shape index (κ2) is 11.2. The second-order valence-electron chi connectivity index (χ2n) is 6.05. The topological polar surface area (TPSA) is 104 Å². The van der Waals surface area contributed by atoms with Crippen LogP contribution in [0.2, 0.25) is 0 Å². The van der Waals surface area contributed by atoms with Crippen molar-refractivity contribution in [3.05, 3.63) is 34.8 Å². The van der Waals surface area contributed by atoms with Gasteiger partial charge in [-0.05, 0) is 38.5 Å². The summed E-state index contributed by atoms with van der Waals surface area (Å²) in [6.07, 6.45) is 0.823. The van der Waals surface area contributed by atoms with Crippen molar-refractivity contribution in [2.24, 2.45) is 0 Å². The Morgan fingerprint density at radius 3 is 2.69 bits per heavy atom. The zero-order chi connectivity index (χ0) is 21.2. The molecule has 156 valence electrons. The highest BCUT2D eigenvalue weighted by molar-refractivity contribution is 7.13. The summed E-state index contributed by atoms with van der Waals surface area (Å²) in [4.78, 5) is 39.1. The molecule has 0 saturated carbocycles. The molecule has 9 heteroatoms. The van der Waals surface area contributed by atoms with Gasteiger partial charge < -0.3 is 19.5 Å². The van der Waals surface area contributed by atoms with Crippen molar-refractivity contribution in [3.63, 3.8) is 0 Å². The molecule has 0 radical (unpaired) electrons. The average Bonchev–Trinajstić information content (AvgIpc) is 3.11. The highest BCUT2D eigenvalue weighted by atomic mass is 32.1. The molecular weight excluding hydrogens is 396 g/mol. The molecule has 0 fully saturated rings. The van der Waals surface area contributed by atoms with Gasteiger partial charge in [0.1, 0.15) is 0 Å². The predicted molar refractivity (Wildman–Crippen MR) is 109 cm³/mol. The van der Waals surface area contributed by atoms with E-state index in [1.165, 1.54) is 25.4 Å². The van der Waals surface area contributed by atoms with Crippen LogP contribution >= 0.6 is 11.3 Å². The molecule has 1 aromatic carbocycles. The molecule has 2 aromatic rings. The van der Waals surface area contributed by atoms with Gasteiger partial charge in [0.05, 0.1) is 32.4 Å². The van der Waals surface area contributed by atoms with Gasteiger partial charge in [0.2, 0.25) is 5.91 Å². The van der Waals surface area contributed by atoms with E-state index in [1.54, 1.807) is 30.5 Å². The fourth-order valence-corrected chi connectivity index (χ4v) is 3.13. The molecule has 29 heavy (non-hydrogen) atoms. The molecule has 0 atom stereocenters. The predicted octanol–water partition coefficient (Wildman–Crippen LogP) is 3.26. The van der Waals surface area contributed by atoms with Crippen molar-refractivity contribution in [1.29, 1.82) is 0 Å². The molecular formula is C20H24N2O6S. The zero-order valence-corrected chi connectivity index (χ0v) is 17.5. The molecule has 0 aliphatic heterocycles. The van der Waals surface area contributed by atoms with Gasteiger partial charge in [0.15, 0.2) is 22.4 Å². The standard InChI is InChI=1S/C20H24N2O6S/c1-4-27-19(25)11-15-12-29-20(21-15)22-18(24)6-5-9-28-16-8-7-14(13(2)23)10-17(16)26-3/h7-8,10,12H,4-6,9,11H2,1-3H3,(H,21,22,24). The third-order valence-electron chi connectivity index (χ3n) is 3.80. The number of methoxy groups -OCH3 is 1. The lowest BCUT2D eigenvalue weighted by molar-refractivity contribution is -0.142. The minimum absolute atomic E-state index is 0.0564. The number of esters is 1. The molecule has 0 aliphatic rings. The summed E-state index contributed by atoms with van der Waals surface area (Å²) in [5, 5.41) is 4.86. The van der Waals surface area contributed by atoms with Gasteiger partial charge in [0, 0.05) is 17.4 Å². The minimum atomic E-state index is -0.348. The number of thiazole rings is 1. The number of nitrogens with zero attached hydrogens (tertiary/aromatic N) is 1. The maximum absolute atomic E-state index is 12.0. The number of carbonyl (C=O) groups is 3. The van der Waals surface area contributed by atoms with Crippen LogP contribution in [0.5, 0.6) is 11.5 Å². The summed E-state index contributed by atoms with van der Waals surface area (Å²) >= 11 is 1.26. The first-order valence-electron chi connectivity index (χ1n) is 9.14. The van der Waals surface area contributed by atoms with Crippen molar-refractivity contribution in [3.8, 4) is 11.5 Å². The van der Waals surface area contributed by atoms with Crippen LogP contribution in [0.3, 0.4) is 0 Å². The first-order valence-corrected chi connectivity index (χ1v) is 10.0. The molecule has 0 bridgehead atoms. The van der Waals surface area contributed by atoms with Gasteiger partial charge >= 0.3 is 5.97 Å². The zero-order valence-electron chi connectivity index (χ0n) is 16.6. The van der Waals surface area contributed by atoms with Gasteiger partial charge in [-0.15, -0.1) is 11.3 Å². The molecule has 1 aromatic heterocycles. The largest absolute Gasteiger partial charge is 0.493 e. The van der Waals surface area contributed by atoms with Crippen molar-refractivity contribution in [1.82, 2.24) is 4.98 Å². The first-order chi connectivity index (χ1) is 13.9. The first kappa shape index (κ1) is 22.4. The quantitative estimate of drug-likeness (QED) is 0.338. The number of carbonyl (C=O) groups excluding carboxylic acids is 3. The van der Waals surface area contributed by atoms with Crippen LogP contribution in [0.15, 0.2) is 23.6 Å². The molecule has 0 unspecified atom stereocenters. The summed E-state index contributed by atoms with van der Waals surface area (Å²) in [5.41, 5.74) is 1.10. The van der Waals surface area contributed by atoms with Gasteiger partial charge in [0.25, 0.3) is 0 Å². The Labute approximate surface area is 173 Å². The average molecular weight is 420 g/mol. The Balaban J connectivity index is 1.76. The summed E-state index contributed by atoms with van der Waals surface area (Å²) in [6.45, 7) is 3.86. The highest BCUT2D eigenvalue weighted by Gasteiger charge is 2.11. The fourth-order valence-electron chi connectivity index (χ4n) is 2.41. The number of Topliss-reactive ketones (excluding diaryl/α,β-unsaturated/α-hetero) is 1. The van der Waals surface area contributed by atoms with Crippen LogP contribution < -0.4 is 14.8 Å². The number of nitrogens with one attached hydrogen (secondary N) is 1. The van der Waals surface area contributed by atoms with Gasteiger partial charge in [-0.2, -0.15) is 0 Å². The number of benzene rings is 1. The third-order valence-corrected chi connectivity index (χ3v) is 4.61. The Bertz CT molecular complexity index is 864. The molecule has 8 nitrogen and oxygen atoms in total. The number of hydrogen-bond donors (Lipinski definition) is 1. The van der Waals surface area contributed by atoms with Crippen LogP contribution in [0.25, 0.3) is 0 Å². The maximum Gasteiger partial charge on any atom is 0.311 e.